The highest BCUT2D eigenvalue weighted by atomic mass is 35.5. The minimum Gasteiger partial charge on any atom is -0.389 e. The molecule has 2 rings (SSSR count). The lowest BCUT2D eigenvalue weighted by atomic mass is 10.2. The molecule has 0 aromatic heterocycles. The van der Waals surface area contributed by atoms with Gasteiger partial charge in [0.05, 0.1) is 5.02 Å². The zero-order chi connectivity index (χ0) is 11.5. The van der Waals surface area contributed by atoms with Gasteiger partial charge >= 0.3 is 0 Å². The monoisotopic (exact) mass is 272 g/mol. The Morgan fingerprint density at radius 3 is 2.62 bits per heavy atom. The molecule has 1 fully saturated rings. The Hall–Kier alpha value is -0.450. The van der Waals surface area contributed by atoms with Crippen LogP contribution in [0.1, 0.15) is 5.56 Å². The Kier molecular flexibility index (Phi) is 3.95. The van der Waals surface area contributed by atoms with Crippen molar-refractivity contribution < 1.29 is 0 Å². The number of benzene rings is 1. The number of halogens is 1. The summed E-state index contributed by atoms with van der Waals surface area (Å²) in [7, 11) is 0. The molecular formula is C11H13ClN2S2. The molecule has 5 heteroatoms. The maximum Gasteiger partial charge on any atom is 0.105 e. The average Bonchev–Trinajstić information content (AvgIpc) is 2.29. The van der Waals surface area contributed by atoms with Gasteiger partial charge in [-0.25, -0.2) is 0 Å². The molecular weight excluding hydrogens is 260 g/mol. The first-order valence-electron chi connectivity index (χ1n) is 5.10. The second-order valence-electron chi connectivity index (χ2n) is 3.63. The predicted octanol–water partition coefficient (Wildman–Crippen LogP) is 2.53. The van der Waals surface area contributed by atoms with E-state index in [1.807, 2.05) is 30.0 Å². The Bertz CT molecular complexity index is 403. The molecule has 1 aliphatic heterocycles. The third-order valence-electron chi connectivity index (χ3n) is 2.59. The van der Waals surface area contributed by atoms with E-state index in [0.29, 0.717) is 10.0 Å². The van der Waals surface area contributed by atoms with Crippen LogP contribution in [0.5, 0.6) is 0 Å². The molecule has 0 spiro atoms. The molecule has 2 nitrogen and oxygen atoms in total. The van der Waals surface area contributed by atoms with Crippen LogP contribution in [0, 0.1) is 0 Å². The Morgan fingerprint density at radius 2 is 2.06 bits per heavy atom. The fourth-order valence-electron chi connectivity index (χ4n) is 1.72. The van der Waals surface area contributed by atoms with Crippen molar-refractivity contribution in [3.05, 3.63) is 28.8 Å². The lowest BCUT2D eigenvalue weighted by Crippen LogP contribution is -2.32. The molecule has 0 radical (unpaired) electrons. The van der Waals surface area contributed by atoms with Gasteiger partial charge in [0.2, 0.25) is 0 Å². The van der Waals surface area contributed by atoms with Crippen LogP contribution < -0.4 is 10.6 Å². The quantitative estimate of drug-likeness (QED) is 0.838. The third-order valence-corrected chi connectivity index (χ3v) is 4.07. The molecule has 0 saturated carbocycles. The first kappa shape index (κ1) is 12.0. The molecule has 0 amide bonds. The molecule has 1 heterocycles. The highest BCUT2D eigenvalue weighted by molar-refractivity contribution is 7.99. The van der Waals surface area contributed by atoms with Crippen LogP contribution in [0.2, 0.25) is 5.02 Å². The second-order valence-corrected chi connectivity index (χ2v) is 5.70. The Labute approximate surface area is 110 Å². The van der Waals surface area contributed by atoms with Crippen molar-refractivity contribution >= 4 is 46.3 Å². The summed E-state index contributed by atoms with van der Waals surface area (Å²) in [4.78, 5) is 2.69. The molecule has 0 bridgehead atoms. The highest BCUT2D eigenvalue weighted by Gasteiger charge is 2.12. The summed E-state index contributed by atoms with van der Waals surface area (Å²) in [5.74, 6) is 2.35. The van der Waals surface area contributed by atoms with Crippen LogP contribution in [0.4, 0.5) is 5.69 Å². The SMILES string of the molecule is NC(=S)c1ccc(N2CCSCC2)cc1Cl. The molecule has 1 saturated heterocycles. The lowest BCUT2D eigenvalue weighted by Gasteiger charge is -2.28. The van der Waals surface area contributed by atoms with E-state index in [0.717, 1.165) is 24.3 Å². The minimum absolute atomic E-state index is 0.353. The summed E-state index contributed by atoms with van der Waals surface area (Å²) in [5.41, 5.74) is 7.49. The highest BCUT2D eigenvalue weighted by Crippen LogP contribution is 2.25. The number of thiocarbonyl (C=S) groups is 1. The number of rotatable bonds is 2. The first-order chi connectivity index (χ1) is 7.68. The van der Waals surface area contributed by atoms with E-state index < -0.39 is 0 Å². The number of nitrogens with zero attached hydrogens (tertiary/aromatic N) is 1. The fourth-order valence-corrected chi connectivity index (χ4v) is 3.14. The molecule has 1 aromatic rings. The molecule has 86 valence electrons. The normalized spacial score (nSPS) is 16.2. The number of thioether (sulfide) groups is 1. The largest absolute Gasteiger partial charge is 0.389 e. The van der Waals surface area contributed by atoms with Crippen molar-refractivity contribution in [2.24, 2.45) is 5.73 Å². The van der Waals surface area contributed by atoms with Gasteiger partial charge in [-0.2, -0.15) is 11.8 Å². The number of nitrogens with two attached hydrogens (primary N) is 1. The maximum atomic E-state index is 6.14. The fraction of sp³-hybridized carbons (Fsp3) is 0.364. The van der Waals surface area contributed by atoms with E-state index in [1.165, 1.54) is 11.5 Å². The van der Waals surface area contributed by atoms with Gasteiger partial charge in [0.25, 0.3) is 0 Å². The molecule has 0 atom stereocenters. The van der Waals surface area contributed by atoms with E-state index in [9.17, 15) is 0 Å². The average molecular weight is 273 g/mol. The van der Waals surface area contributed by atoms with Crippen LogP contribution in [0.25, 0.3) is 0 Å². The molecule has 1 aliphatic rings. The van der Waals surface area contributed by atoms with Crippen LogP contribution in [0.15, 0.2) is 18.2 Å². The van der Waals surface area contributed by atoms with E-state index in [1.54, 1.807) is 0 Å². The summed E-state index contributed by atoms with van der Waals surface area (Å²) >= 11 is 13.1. The van der Waals surface area contributed by atoms with Crippen LogP contribution in [0.3, 0.4) is 0 Å². The van der Waals surface area contributed by atoms with Crippen molar-refractivity contribution in [1.82, 2.24) is 0 Å². The Balaban J connectivity index is 2.23. The smallest absolute Gasteiger partial charge is 0.105 e. The van der Waals surface area contributed by atoms with Crippen molar-refractivity contribution in [3.8, 4) is 0 Å². The van der Waals surface area contributed by atoms with E-state index >= 15 is 0 Å². The van der Waals surface area contributed by atoms with Gasteiger partial charge in [-0.15, -0.1) is 0 Å². The standard InChI is InChI=1S/C11H13ClN2S2/c12-10-7-8(1-2-9(10)11(13)15)14-3-5-16-6-4-14/h1-2,7H,3-6H2,(H2,13,15). The Morgan fingerprint density at radius 1 is 1.38 bits per heavy atom. The molecule has 0 aliphatic carbocycles. The lowest BCUT2D eigenvalue weighted by molar-refractivity contribution is 0.859. The van der Waals surface area contributed by atoms with Gasteiger partial charge in [-0.05, 0) is 18.2 Å². The number of anilines is 1. The molecule has 0 unspecified atom stereocenters. The number of hydrogen-bond donors (Lipinski definition) is 1. The number of hydrogen-bond acceptors (Lipinski definition) is 3. The van der Waals surface area contributed by atoms with Crippen molar-refractivity contribution in [3.63, 3.8) is 0 Å². The van der Waals surface area contributed by atoms with Crippen LogP contribution >= 0.6 is 35.6 Å². The summed E-state index contributed by atoms with van der Waals surface area (Å²) in [6.45, 7) is 2.15. The van der Waals surface area contributed by atoms with Gasteiger partial charge in [-0.3, -0.25) is 0 Å². The topological polar surface area (TPSA) is 29.3 Å². The molecule has 16 heavy (non-hydrogen) atoms. The molecule has 2 N–H and O–H groups in total. The zero-order valence-corrected chi connectivity index (χ0v) is 11.2. The van der Waals surface area contributed by atoms with E-state index in [4.69, 9.17) is 29.6 Å². The summed E-state index contributed by atoms with van der Waals surface area (Å²) in [5, 5.41) is 0.642. The zero-order valence-electron chi connectivity index (χ0n) is 8.78. The van der Waals surface area contributed by atoms with Crippen molar-refractivity contribution in [1.29, 1.82) is 0 Å². The van der Waals surface area contributed by atoms with Crippen LogP contribution in [-0.2, 0) is 0 Å². The maximum absolute atomic E-state index is 6.14. The van der Waals surface area contributed by atoms with E-state index in [-0.39, 0.29) is 0 Å². The third kappa shape index (κ3) is 2.62. The predicted molar refractivity (Wildman–Crippen MR) is 76.9 cm³/mol. The van der Waals surface area contributed by atoms with Gasteiger partial charge in [0, 0.05) is 35.8 Å². The van der Waals surface area contributed by atoms with Crippen LogP contribution in [-0.4, -0.2) is 29.6 Å². The summed E-state index contributed by atoms with van der Waals surface area (Å²) < 4.78 is 0. The second kappa shape index (κ2) is 5.25. The van der Waals surface area contributed by atoms with E-state index in [2.05, 4.69) is 4.90 Å². The van der Waals surface area contributed by atoms with Gasteiger partial charge in [0.1, 0.15) is 4.99 Å². The van der Waals surface area contributed by atoms with Crippen molar-refractivity contribution in [2.75, 3.05) is 29.5 Å². The van der Waals surface area contributed by atoms with Gasteiger partial charge in [-0.1, -0.05) is 23.8 Å². The van der Waals surface area contributed by atoms with Gasteiger partial charge < -0.3 is 10.6 Å². The first-order valence-corrected chi connectivity index (χ1v) is 7.04. The summed E-state index contributed by atoms with van der Waals surface area (Å²) in [6, 6.07) is 5.89. The summed E-state index contributed by atoms with van der Waals surface area (Å²) in [6.07, 6.45) is 0. The van der Waals surface area contributed by atoms with Crippen molar-refractivity contribution in [2.45, 2.75) is 0 Å². The minimum atomic E-state index is 0.353. The molecule has 1 aromatic carbocycles. The van der Waals surface area contributed by atoms with Gasteiger partial charge in [0.15, 0.2) is 0 Å².